The van der Waals surface area contributed by atoms with Crippen molar-refractivity contribution in [3.05, 3.63) is 53.2 Å². The number of hydrogen-bond donors (Lipinski definition) is 0. The van der Waals surface area contributed by atoms with Crippen LogP contribution in [-0.4, -0.2) is 33.3 Å². The second kappa shape index (κ2) is 9.00. The van der Waals surface area contributed by atoms with Gasteiger partial charge in [-0.2, -0.15) is 0 Å². The second-order valence-electron chi connectivity index (χ2n) is 5.90. The van der Waals surface area contributed by atoms with Crippen molar-refractivity contribution in [2.45, 2.75) is 31.7 Å². The van der Waals surface area contributed by atoms with Gasteiger partial charge in [0.05, 0.1) is 17.2 Å². The van der Waals surface area contributed by atoms with Crippen LogP contribution in [0.1, 0.15) is 24.8 Å². The van der Waals surface area contributed by atoms with Crippen molar-refractivity contribution in [1.82, 2.24) is 15.1 Å². The Hall–Kier alpha value is -2.12. The fourth-order valence-electron chi connectivity index (χ4n) is 2.48. The number of rotatable bonds is 8. The van der Waals surface area contributed by atoms with Gasteiger partial charge in [-0.05, 0) is 36.9 Å². The third-order valence-electron chi connectivity index (χ3n) is 3.72. The molecule has 0 saturated heterocycles. The summed E-state index contributed by atoms with van der Waals surface area (Å²) in [6.45, 7) is 5.12. The van der Waals surface area contributed by atoms with Crippen LogP contribution in [0.5, 0.6) is 0 Å². The van der Waals surface area contributed by atoms with Crippen molar-refractivity contribution in [2.75, 3.05) is 12.3 Å². The van der Waals surface area contributed by atoms with Crippen molar-refractivity contribution in [1.29, 1.82) is 0 Å². The van der Waals surface area contributed by atoms with Crippen LogP contribution in [0, 0.1) is 6.92 Å². The van der Waals surface area contributed by atoms with Gasteiger partial charge in [-0.3, -0.25) is 4.79 Å². The van der Waals surface area contributed by atoms with Crippen molar-refractivity contribution in [3.63, 3.8) is 0 Å². The SMILES string of the molecule is CCCN(Cc1nnc(-c2cccs2)o1)C(=O)CSc1cccc(C)c1. The first-order chi connectivity index (χ1) is 12.7. The van der Waals surface area contributed by atoms with E-state index in [0.717, 1.165) is 16.2 Å². The quantitative estimate of drug-likeness (QED) is 0.527. The lowest BCUT2D eigenvalue weighted by Gasteiger charge is -2.20. The molecule has 0 radical (unpaired) electrons. The fraction of sp³-hybridized carbons (Fsp3) is 0.316. The summed E-state index contributed by atoms with van der Waals surface area (Å²) in [6, 6.07) is 12.1. The van der Waals surface area contributed by atoms with Crippen LogP contribution in [0.4, 0.5) is 0 Å². The average Bonchev–Trinajstić information content (AvgIpc) is 3.31. The number of aromatic nitrogens is 2. The molecule has 2 aromatic heterocycles. The highest BCUT2D eigenvalue weighted by Crippen LogP contribution is 2.24. The first kappa shape index (κ1) is 18.7. The molecule has 1 amide bonds. The number of thiophene rings is 1. The average molecular weight is 388 g/mol. The van der Waals surface area contributed by atoms with Gasteiger partial charge >= 0.3 is 0 Å². The molecule has 26 heavy (non-hydrogen) atoms. The topological polar surface area (TPSA) is 59.2 Å². The Balaban J connectivity index is 1.62. The van der Waals surface area contributed by atoms with E-state index in [-0.39, 0.29) is 5.91 Å². The number of benzene rings is 1. The third-order valence-corrected chi connectivity index (χ3v) is 5.56. The van der Waals surface area contributed by atoms with E-state index in [9.17, 15) is 4.79 Å². The van der Waals surface area contributed by atoms with Crippen LogP contribution in [0.25, 0.3) is 10.8 Å². The van der Waals surface area contributed by atoms with Gasteiger partial charge in [-0.25, -0.2) is 0 Å². The maximum Gasteiger partial charge on any atom is 0.257 e. The fourth-order valence-corrected chi connectivity index (χ4v) is 4.04. The van der Waals surface area contributed by atoms with Crippen molar-refractivity contribution >= 4 is 29.0 Å². The third kappa shape index (κ3) is 4.95. The Kier molecular flexibility index (Phi) is 6.46. The van der Waals surface area contributed by atoms with Gasteiger partial charge in [0, 0.05) is 11.4 Å². The largest absolute Gasteiger partial charge is 0.418 e. The Morgan fingerprint density at radius 3 is 2.88 bits per heavy atom. The lowest BCUT2D eigenvalue weighted by atomic mass is 10.2. The molecule has 2 heterocycles. The summed E-state index contributed by atoms with van der Waals surface area (Å²) in [5.74, 6) is 1.45. The number of thioether (sulfide) groups is 1. The Bertz CT molecular complexity index is 846. The van der Waals surface area contributed by atoms with E-state index >= 15 is 0 Å². The molecule has 0 aliphatic heterocycles. The van der Waals surface area contributed by atoms with E-state index in [4.69, 9.17) is 4.42 Å². The van der Waals surface area contributed by atoms with Crippen LogP contribution in [0.3, 0.4) is 0 Å². The van der Waals surface area contributed by atoms with Crippen LogP contribution in [0.15, 0.2) is 51.1 Å². The first-order valence-corrected chi connectivity index (χ1v) is 10.4. The van der Waals surface area contributed by atoms with Crippen molar-refractivity contribution in [3.8, 4) is 10.8 Å². The second-order valence-corrected chi connectivity index (χ2v) is 7.90. The number of carbonyl (C=O) groups excluding carboxylic acids is 1. The number of amides is 1. The summed E-state index contributed by atoms with van der Waals surface area (Å²) < 4.78 is 5.72. The minimum atomic E-state index is 0.0780. The molecule has 0 aliphatic carbocycles. The molecule has 1 aromatic carbocycles. The molecule has 0 unspecified atom stereocenters. The van der Waals surface area contributed by atoms with E-state index in [0.29, 0.717) is 30.6 Å². The molecule has 0 bridgehead atoms. The lowest BCUT2D eigenvalue weighted by molar-refractivity contribution is -0.129. The predicted molar refractivity (Wildman–Crippen MR) is 105 cm³/mol. The molecular formula is C19H21N3O2S2. The molecular weight excluding hydrogens is 366 g/mol. The lowest BCUT2D eigenvalue weighted by Crippen LogP contribution is -2.32. The van der Waals surface area contributed by atoms with Gasteiger partial charge in [0.15, 0.2) is 0 Å². The highest BCUT2D eigenvalue weighted by atomic mass is 32.2. The van der Waals surface area contributed by atoms with Gasteiger partial charge in [0.2, 0.25) is 11.8 Å². The standard InChI is InChI=1S/C19H21N3O2S2/c1-3-9-22(18(23)13-26-15-7-4-6-14(2)11-15)12-17-20-21-19(24-17)16-8-5-10-25-16/h4-8,10-11H,3,9,12-13H2,1-2H3. The molecule has 7 heteroatoms. The van der Waals surface area contributed by atoms with E-state index in [1.165, 1.54) is 5.56 Å². The number of carbonyl (C=O) groups is 1. The van der Waals surface area contributed by atoms with Crippen LogP contribution in [0.2, 0.25) is 0 Å². The van der Waals surface area contributed by atoms with Gasteiger partial charge in [0.25, 0.3) is 5.89 Å². The zero-order chi connectivity index (χ0) is 18.4. The van der Waals surface area contributed by atoms with E-state index in [1.54, 1.807) is 28.0 Å². The molecule has 0 atom stereocenters. The maximum atomic E-state index is 12.6. The minimum absolute atomic E-state index is 0.0780. The predicted octanol–water partition coefficient (Wildman–Crippen LogP) is 4.64. The summed E-state index contributed by atoms with van der Waals surface area (Å²) in [6.07, 6.45) is 0.882. The summed E-state index contributed by atoms with van der Waals surface area (Å²) in [5.41, 5.74) is 1.19. The van der Waals surface area contributed by atoms with E-state index < -0.39 is 0 Å². The smallest absolute Gasteiger partial charge is 0.257 e. The molecule has 0 fully saturated rings. The molecule has 0 saturated carbocycles. The summed E-state index contributed by atoms with van der Waals surface area (Å²) >= 11 is 3.11. The summed E-state index contributed by atoms with van der Waals surface area (Å²) in [4.78, 5) is 16.5. The molecule has 3 rings (SSSR count). The summed E-state index contributed by atoms with van der Waals surface area (Å²) in [7, 11) is 0. The molecule has 0 spiro atoms. The highest BCUT2D eigenvalue weighted by molar-refractivity contribution is 8.00. The van der Waals surface area contributed by atoms with Crippen molar-refractivity contribution in [2.24, 2.45) is 0 Å². The molecule has 0 N–H and O–H groups in total. The summed E-state index contributed by atoms with van der Waals surface area (Å²) in [5, 5.41) is 10.1. The Labute approximate surface area is 161 Å². The van der Waals surface area contributed by atoms with Crippen molar-refractivity contribution < 1.29 is 9.21 Å². The number of hydrogen-bond acceptors (Lipinski definition) is 6. The van der Waals surface area contributed by atoms with Gasteiger partial charge in [0.1, 0.15) is 0 Å². The molecule has 3 aromatic rings. The van der Waals surface area contributed by atoms with E-state index in [2.05, 4.69) is 36.2 Å². The highest BCUT2D eigenvalue weighted by Gasteiger charge is 2.18. The van der Waals surface area contributed by atoms with Gasteiger partial charge < -0.3 is 9.32 Å². The Morgan fingerprint density at radius 1 is 1.27 bits per heavy atom. The maximum absolute atomic E-state index is 12.6. The normalized spacial score (nSPS) is 10.8. The first-order valence-electron chi connectivity index (χ1n) is 8.49. The van der Waals surface area contributed by atoms with Gasteiger partial charge in [-0.1, -0.05) is 30.7 Å². The van der Waals surface area contributed by atoms with E-state index in [1.807, 2.05) is 29.6 Å². The molecule has 136 valence electrons. The molecule has 0 aliphatic rings. The van der Waals surface area contributed by atoms with Crippen LogP contribution >= 0.6 is 23.1 Å². The van der Waals surface area contributed by atoms with Gasteiger partial charge in [-0.15, -0.1) is 33.3 Å². The number of aryl methyl sites for hydroxylation is 1. The zero-order valence-electron chi connectivity index (χ0n) is 14.8. The van der Waals surface area contributed by atoms with Crippen LogP contribution < -0.4 is 0 Å². The minimum Gasteiger partial charge on any atom is -0.418 e. The monoisotopic (exact) mass is 387 g/mol. The Morgan fingerprint density at radius 2 is 2.15 bits per heavy atom. The molecule has 5 nitrogen and oxygen atoms in total. The number of nitrogens with zero attached hydrogens (tertiary/aromatic N) is 3. The zero-order valence-corrected chi connectivity index (χ0v) is 16.5. The van der Waals surface area contributed by atoms with Crippen LogP contribution in [-0.2, 0) is 11.3 Å².